The van der Waals surface area contributed by atoms with Crippen LogP contribution >= 0.6 is 0 Å². The Morgan fingerprint density at radius 2 is 1.31 bits per heavy atom. The number of ketones is 1. The summed E-state index contributed by atoms with van der Waals surface area (Å²) in [6.45, 7) is 0. The van der Waals surface area contributed by atoms with Gasteiger partial charge in [-0.3, -0.25) is 4.79 Å². The molecule has 0 unspecified atom stereocenters. The topological polar surface area (TPSA) is 75.3 Å². The maximum absolute atomic E-state index is 12.4. The summed E-state index contributed by atoms with van der Waals surface area (Å²) in [4.78, 5) is 12.4. The molecule has 0 aliphatic heterocycles. The second kappa shape index (κ2) is 12.2. The van der Waals surface area contributed by atoms with Crippen LogP contribution < -0.4 is 29.0 Å². The highest BCUT2D eigenvalue weighted by atomic mass is 16.5. The minimum absolute atomic E-state index is 0.104. The van der Waals surface area contributed by atoms with Crippen LogP contribution in [0.5, 0.6) is 28.7 Å². The van der Waals surface area contributed by atoms with Crippen molar-refractivity contribution in [2.24, 2.45) is 0 Å². The van der Waals surface area contributed by atoms with Crippen molar-refractivity contribution in [1.82, 2.24) is 0 Å². The molecular formula is C28H29NO6. The van der Waals surface area contributed by atoms with Gasteiger partial charge in [0.15, 0.2) is 28.8 Å². The fourth-order valence-electron chi connectivity index (χ4n) is 3.45. The second-order valence-corrected chi connectivity index (χ2v) is 7.29. The van der Waals surface area contributed by atoms with Crippen molar-refractivity contribution < 1.29 is 28.5 Å². The first-order chi connectivity index (χ1) is 17.0. The summed E-state index contributed by atoms with van der Waals surface area (Å²) in [5, 5.41) is 3.18. The van der Waals surface area contributed by atoms with Gasteiger partial charge < -0.3 is 29.0 Å². The lowest BCUT2D eigenvalue weighted by Gasteiger charge is -2.14. The number of benzene rings is 3. The molecule has 0 fully saturated rings. The highest BCUT2D eigenvalue weighted by molar-refractivity contribution is 6.04. The summed E-state index contributed by atoms with van der Waals surface area (Å²) in [5.41, 5.74) is 2.99. The first-order valence-corrected chi connectivity index (χ1v) is 10.8. The van der Waals surface area contributed by atoms with Crippen LogP contribution in [-0.4, -0.2) is 41.3 Å². The van der Waals surface area contributed by atoms with Gasteiger partial charge in [0.25, 0.3) is 0 Å². The molecule has 7 heteroatoms. The monoisotopic (exact) mass is 475 g/mol. The minimum atomic E-state index is -0.104. The van der Waals surface area contributed by atoms with E-state index in [1.54, 1.807) is 53.9 Å². The lowest BCUT2D eigenvalue weighted by Crippen LogP contribution is -1.99. The van der Waals surface area contributed by atoms with Gasteiger partial charge in [0.1, 0.15) is 0 Å². The number of allylic oxidation sites excluding steroid dienone is 1. The van der Waals surface area contributed by atoms with Gasteiger partial charge in [0, 0.05) is 35.2 Å². The number of anilines is 1. The molecule has 0 bridgehead atoms. The Morgan fingerprint density at radius 1 is 0.714 bits per heavy atom. The molecule has 7 nitrogen and oxygen atoms in total. The number of hydrogen-bond acceptors (Lipinski definition) is 7. The largest absolute Gasteiger partial charge is 0.493 e. The zero-order chi connectivity index (χ0) is 25.2. The van der Waals surface area contributed by atoms with Crippen molar-refractivity contribution in [3.05, 3.63) is 83.6 Å². The Balaban J connectivity index is 1.94. The molecule has 0 spiro atoms. The minimum Gasteiger partial charge on any atom is -0.493 e. The average Bonchev–Trinajstić information content (AvgIpc) is 2.91. The van der Waals surface area contributed by atoms with E-state index < -0.39 is 0 Å². The van der Waals surface area contributed by atoms with Crippen molar-refractivity contribution in [2.45, 2.75) is 0 Å². The van der Waals surface area contributed by atoms with Gasteiger partial charge >= 0.3 is 0 Å². The Kier molecular flexibility index (Phi) is 8.78. The van der Waals surface area contributed by atoms with Crippen LogP contribution in [0, 0.1) is 0 Å². The van der Waals surface area contributed by atoms with Crippen LogP contribution in [0.3, 0.4) is 0 Å². The summed E-state index contributed by atoms with van der Waals surface area (Å²) in [6.07, 6.45) is 6.92. The van der Waals surface area contributed by atoms with Crippen molar-refractivity contribution in [1.29, 1.82) is 0 Å². The van der Waals surface area contributed by atoms with Gasteiger partial charge in [0.2, 0.25) is 5.75 Å². The predicted molar refractivity (Wildman–Crippen MR) is 138 cm³/mol. The van der Waals surface area contributed by atoms with Crippen molar-refractivity contribution in [3.63, 3.8) is 0 Å². The molecule has 0 aliphatic rings. The Labute approximate surface area is 205 Å². The zero-order valence-electron chi connectivity index (χ0n) is 20.5. The number of nitrogens with one attached hydrogen (secondary N) is 1. The van der Waals surface area contributed by atoms with E-state index in [-0.39, 0.29) is 5.78 Å². The van der Waals surface area contributed by atoms with Gasteiger partial charge in [0.05, 0.1) is 35.5 Å². The highest BCUT2D eigenvalue weighted by Crippen LogP contribution is 2.39. The van der Waals surface area contributed by atoms with E-state index in [1.165, 1.54) is 6.08 Å². The van der Waals surface area contributed by atoms with Gasteiger partial charge in [-0.05, 0) is 23.8 Å². The third kappa shape index (κ3) is 6.14. The van der Waals surface area contributed by atoms with Crippen LogP contribution in [0.4, 0.5) is 5.69 Å². The molecule has 0 radical (unpaired) electrons. The van der Waals surface area contributed by atoms with E-state index >= 15 is 0 Å². The van der Waals surface area contributed by atoms with E-state index in [2.05, 4.69) is 5.32 Å². The molecule has 182 valence electrons. The smallest absolute Gasteiger partial charge is 0.203 e. The summed E-state index contributed by atoms with van der Waals surface area (Å²) in [5.74, 6) is 2.66. The normalized spacial score (nSPS) is 10.9. The summed E-state index contributed by atoms with van der Waals surface area (Å²) in [7, 11) is 7.86. The van der Waals surface area contributed by atoms with E-state index in [9.17, 15) is 4.79 Å². The Morgan fingerprint density at radius 3 is 1.89 bits per heavy atom. The molecule has 1 N–H and O–H groups in total. The fraction of sp³-hybridized carbons (Fsp3) is 0.179. The molecule has 0 heterocycles. The maximum Gasteiger partial charge on any atom is 0.203 e. The number of carbonyl (C=O) groups excluding carboxylic acids is 1. The number of hydrogen-bond donors (Lipinski definition) is 1. The van der Waals surface area contributed by atoms with Crippen LogP contribution in [0.2, 0.25) is 0 Å². The van der Waals surface area contributed by atoms with E-state index in [1.807, 2.05) is 54.6 Å². The van der Waals surface area contributed by atoms with E-state index in [4.69, 9.17) is 23.7 Å². The number of ether oxygens (including phenoxy) is 5. The summed E-state index contributed by atoms with van der Waals surface area (Å²) >= 11 is 0. The van der Waals surface area contributed by atoms with Gasteiger partial charge in [-0.25, -0.2) is 0 Å². The van der Waals surface area contributed by atoms with Crippen molar-refractivity contribution in [2.75, 3.05) is 40.9 Å². The molecule has 3 aromatic carbocycles. The summed E-state index contributed by atoms with van der Waals surface area (Å²) < 4.78 is 27.2. The SMILES string of the molecule is COc1cc(C=Cc2cc(OC)c(OC)c(OC)c2)c(NC=CC(=O)c2ccccc2)cc1OC. The van der Waals surface area contributed by atoms with Crippen molar-refractivity contribution >= 4 is 23.6 Å². The quantitative estimate of drug-likeness (QED) is 0.216. The molecule has 0 atom stereocenters. The summed E-state index contributed by atoms with van der Waals surface area (Å²) in [6, 6.07) is 16.4. The lowest BCUT2D eigenvalue weighted by atomic mass is 10.1. The second-order valence-electron chi connectivity index (χ2n) is 7.29. The highest BCUT2D eigenvalue weighted by Gasteiger charge is 2.13. The molecule has 0 aromatic heterocycles. The molecule has 3 aromatic rings. The molecular weight excluding hydrogens is 446 g/mol. The maximum atomic E-state index is 12.4. The third-order valence-electron chi connectivity index (χ3n) is 5.23. The number of rotatable bonds is 11. The van der Waals surface area contributed by atoms with Gasteiger partial charge in [-0.2, -0.15) is 0 Å². The van der Waals surface area contributed by atoms with E-state index in [0.29, 0.717) is 34.3 Å². The molecule has 0 saturated heterocycles. The molecule has 0 amide bonds. The Hall–Kier alpha value is -4.39. The molecule has 3 rings (SSSR count). The lowest BCUT2D eigenvalue weighted by molar-refractivity contribution is 0.104. The number of carbonyl (C=O) groups is 1. The van der Waals surface area contributed by atoms with Crippen LogP contribution in [0.25, 0.3) is 12.2 Å². The molecule has 35 heavy (non-hydrogen) atoms. The van der Waals surface area contributed by atoms with Crippen LogP contribution in [0.15, 0.2) is 66.9 Å². The molecule has 0 saturated carbocycles. The standard InChI is InChI=1S/C28H29NO6/c1-31-24-17-21(12-11-19-15-26(33-3)28(35-5)27(16-19)34-4)22(18-25(24)32-2)29-14-13-23(30)20-9-7-6-8-10-20/h6-18,29H,1-5H3. The van der Waals surface area contributed by atoms with Gasteiger partial charge in [-0.15, -0.1) is 0 Å². The first-order valence-electron chi connectivity index (χ1n) is 10.8. The fourth-order valence-corrected chi connectivity index (χ4v) is 3.45. The van der Waals surface area contributed by atoms with Crippen LogP contribution in [-0.2, 0) is 0 Å². The van der Waals surface area contributed by atoms with Crippen LogP contribution in [0.1, 0.15) is 21.5 Å². The average molecular weight is 476 g/mol. The Bertz CT molecular complexity index is 1190. The van der Waals surface area contributed by atoms with Crippen molar-refractivity contribution in [3.8, 4) is 28.7 Å². The number of methoxy groups -OCH3 is 5. The van der Waals surface area contributed by atoms with E-state index in [0.717, 1.165) is 16.8 Å². The first kappa shape index (κ1) is 25.2. The third-order valence-corrected chi connectivity index (χ3v) is 5.23. The zero-order valence-corrected chi connectivity index (χ0v) is 20.5. The molecule has 0 aliphatic carbocycles. The van der Waals surface area contributed by atoms with Gasteiger partial charge in [-0.1, -0.05) is 42.5 Å². The predicted octanol–water partition coefficient (Wildman–Crippen LogP) is 5.71.